The highest BCUT2D eigenvalue weighted by Gasteiger charge is 2.17. The summed E-state index contributed by atoms with van der Waals surface area (Å²) < 4.78 is 76.9. The normalized spacial score (nSPS) is 12.0. The Morgan fingerprint density at radius 2 is 1.48 bits per heavy atom. The summed E-state index contributed by atoms with van der Waals surface area (Å²) in [5.41, 5.74) is -0.218. The van der Waals surface area contributed by atoms with Gasteiger partial charge in [-0.05, 0) is 36.4 Å². The van der Waals surface area contributed by atoms with E-state index in [0.29, 0.717) is 6.07 Å². The van der Waals surface area contributed by atoms with E-state index in [4.69, 9.17) is 0 Å². The van der Waals surface area contributed by atoms with Gasteiger partial charge < -0.3 is 0 Å². The van der Waals surface area contributed by atoms with Gasteiger partial charge >= 0.3 is 0 Å². The van der Waals surface area contributed by atoms with Gasteiger partial charge in [-0.3, -0.25) is 9.44 Å². The molecule has 10 heteroatoms. The van der Waals surface area contributed by atoms with Crippen LogP contribution in [-0.2, 0) is 20.0 Å². The molecule has 2 rings (SSSR count). The highest BCUT2D eigenvalue weighted by molar-refractivity contribution is 7.92. The van der Waals surface area contributed by atoms with Crippen LogP contribution >= 0.6 is 0 Å². The third-order valence-electron chi connectivity index (χ3n) is 2.64. The van der Waals surface area contributed by atoms with Gasteiger partial charge in [-0.2, -0.15) is 0 Å². The van der Waals surface area contributed by atoms with Gasteiger partial charge in [0.2, 0.25) is 10.0 Å². The summed E-state index contributed by atoms with van der Waals surface area (Å²) in [5, 5.41) is 0. The maximum absolute atomic E-state index is 13.5. The fourth-order valence-corrected chi connectivity index (χ4v) is 3.32. The van der Waals surface area contributed by atoms with Gasteiger partial charge in [-0.25, -0.2) is 25.6 Å². The monoisotopic (exact) mass is 362 g/mol. The molecule has 0 heterocycles. The second-order valence-corrected chi connectivity index (χ2v) is 8.06. The molecule has 0 amide bonds. The Labute approximate surface area is 132 Å². The minimum absolute atomic E-state index is 0.180. The molecule has 0 atom stereocenters. The van der Waals surface area contributed by atoms with Crippen LogP contribution in [0.3, 0.4) is 0 Å². The molecular formula is C13H12F2N2O4S2. The van der Waals surface area contributed by atoms with Crippen molar-refractivity contribution in [1.82, 2.24) is 0 Å². The maximum atomic E-state index is 13.5. The van der Waals surface area contributed by atoms with Crippen LogP contribution in [-0.4, -0.2) is 23.1 Å². The molecule has 0 unspecified atom stereocenters. The molecule has 0 bridgehead atoms. The Balaban J connectivity index is 2.26. The highest BCUT2D eigenvalue weighted by atomic mass is 32.2. The summed E-state index contributed by atoms with van der Waals surface area (Å²) in [5.74, 6) is -1.88. The number of anilines is 2. The number of hydrogen-bond acceptors (Lipinski definition) is 4. The van der Waals surface area contributed by atoms with E-state index in [1.165, 1.54) is 12.1 Å². The van der Waals surface area contributed by atoms with Crippen LogP contribution in [0.25, 0.3) is 0 Å². The number of hydrogen-bond donors (Lipinski definition) is 2. The zero-order valence-corrected chi connectivity index (χ0v) is 13.4. The SMILES string of the molecule is CS(=O)(=O)Nc1ccc(S(=O)(=O)Nc2ccc(F)cc2F)cc1. The minimum Gasteiger partial charge on any atom is -0.284 e. The Morgan fingerprint density at radius 3 is 2.00 bits per heavy atom. The van der Waals surface area contributed by atoms with Crippen molar-refractivity contribution < 1.29 is 25.6 Å². The molecule has 0 aliphatic carbocycles. The zero-order valence-electron chi connectivity index (χ0n) is 11.7. The highest BCUT2D eigenvalue weighted by Crippen LogP contribution is 2.21. The Morgan fingerprint density at radius 1 is 0.870 bits per heavy atom. The molecule has 0 radical (unpaired) electrons. The van der Waals surface area contributed by atoms with Gasteiger partial charge in [-0.1, -0.05) is 0 Å². The summed E-state index contributed by atoms with van der Waals surface area (Å²) in [6, 6.07) is 7.22. The number of rotatable bonds is 5. The van der Waals surface area contributed by atoms with E-state index in [0.717, 1.165) is 30.5 Å². The standard InChI is InChI=1S/C13H12F2N2O4S2/c1-22(18,19)16-10-3-5-11(6-4-10)23(20,21)17-13-7-2-9(14)8-12(13)15/h2-8,16-17H,1H3. The average molecular weight is 362 g/mol. The summed E-state index contributed by atoms with van der Waals surface area (Å²) in [6.07, 6.45) is 0.955. The second kappa shape index (κ2) is 6.13. The van der Waals surface area contributed by atoms with E-state index < -0.39 is 37.4 Å². The molecule has 2 aromatic rings. The van der Waals surface area contributed by atoms with Crippen molar-refractivity contribution in [2.45, 2.75) is 4.90 Å². The Hall–Kier alpha value is -2.20. The van der Waals surface area contributed by atoms with Crippen LogP contribution in [0.4, 0.5) is 20.2 Å². The van der Waals surface area contributed by atoms with E-state index in [1.807, 2.05) is 4.72 Å². The van der Waals surface area contributed by atoms with Crippen molar-refractivity contribution in [3.63, 3.8) is 0 Å². The fraction of sp³-hybridized carbons (Fsp3) is 0.0769. The number of halogens is 2. The molecule has 2 aromatic carbocycles. The van der Waals surface area contributed by atoms with Gasteiger partial charge in [0, 0.05) is 11.8 Å². The fourth-order valence-electron chi connectivity index (χ4n) is 1.69. The van der Waals surface area contributed by atoms with E-state index in [2.05, 4.69) is 4.72 Å². The van der Waals surface area contributed by atoms with Crippen molar-refractivity contribution >= 4 is 31.4 Å². The van der Waals surface area contributed by atoms with E-state index in [1.54, 1.807) is 0 Å². The lowest BCUT2D eigenvalue weighted by Gasteiger charge is -2.10. The zero-order chi connectivity index (χ0) is 17.3. The Kier molecular flexibility index (Phi) is 4.57. The minimum atomic E-state index is -4.10. The summed E-state index contributed by atoms with van der Waals surface area (Å²) >= 11 is 0. The number of benzene rings is 2. The summed E-state index contributed by atoms with van der Waals surface area (Å²) in [7, 11) is -7.58. The van der Waals surface area contributed by atoms with Gasteiger partial charge in [0.25, 0.3) is 10.0 Å². The predicted octanol–water partition coefficient (Wildman–Crippen LogP) is 2.14. The predicted molar refractivity (Wildman–Crippen MR) is 82.1 cm³/mol. The molecule has 0 saturated carbocycles. The third kappa shape index (κ3) is 4.63. The molecule has 2 N–H and O–H groups in total. The Bertz CT molecular complexity index is 927. The van der Waals surface area contributed by atoms with Crippen LogP contribution < -0.4 is 9.44 Å². The van der Waals surface area contributed by atoms with Crippen molar-refractivity contribution in [1.29, 1.82) is 0 Å². The number of sulfonamides is 2. The van der Waals surface area contributed by atoms with E-state index in [9.17, 15) is 25.6 Å². The van der Waals surface area contributed by atoms with Gasteiger partial charge in [0.15, 0.2) is 0 Å². The smallest absolute Gasteiger partial charge is 0.261 e. The van der Waals surface area contributed by atoms with Crippen molar-refractivity contribution in [3.05, 3.63) is 54.1 Å². The van der Waals surface area contributed by atoms with Crippen LogP contribution in [0.2, 0.25) is 0 Å². The first-order valence-corrected chi connectivity index (χ1v) is 9.50. The maximum Gasteiger partial charge on any atom is 0.261 e. The van der Waals surface area contributed by atoms with Crippen molar-refractivity contribution in [2.75, 3.05) is 15.7 Å². The molecule has 124 valence electrons. The second-order valence-electron chi connectivity index (χ2n) is 4.63. The largest absolute Gasteiger partial charge is 0.284 e. The van der Waals surface area contributed by atoms with E-state index in [-0.39, 0.29) is 10.6 Å². The van der Waals surface area contributed by atoms with Crippen LogP contribution in [0, 0.1) is 11.6 Å². The topological polar surface area (TPSA) is 92.3 Å². The van der Waals surface area contributed by atoms with Gasteiger partial charge in [0.1, 0.15) is 11.6 Å². The van der Waals surface area contributed by atoms with E-state index >= 15 is 0 Å². The molecule has 0 aliphatic rings. The summed E-state index contributed by atoms with van der Waals surface area (Å²) in [4.78, 5) is -0.208. The first-order chi connectivity index (χ1) is 10.6. The van der Waals surface area contributed by atoms with Gasteiger partial charge in [-0.15, -0.1) is 0 Å². The molecule has 23 heavy (non-hydrogen) atoms. The van der Waals surface area contributed by atoms with Crippen molar-refractivity contribution in [3.8, 4) is 0 Å². The molecule has 0 saturated heterocycles. The van der Waals surface area contributed by atoms with Crippen molar-refractivity contribution in [2.24, 2.45) is 0 Å². The lowest BCUT2D eigenvalue weighted by Crippen LogP contribution is -2.14. The average Bonchev–Trinajstić information content (AvgIpc) is 2.41. The van der Waals surface area contributed by atoms with Crippen LogP contribution in [0.15, 0.2) is 47.4 Å². The lowest BCUT2D eigenvalue weighted by molar-refractivity contribution is 0.583. The van der Waals surface area contributed by atoms with Crippen LogP contribution in [0.5, 0.6) is 0 Å². The molecule has 0 aliphatic heterocycles. The molecular weight excluding hydrogens is 350 g/mol. The van der Waals surface area contributed by atoms with Gasteiger partial charge in [0.05, 0.1) is 16.8 Å². The van der Waals surface area contributed by atoms with Crippen LogP contribution in [0.1, 0.15) is 0 Å². The first-order valence-electron chi connectivity index (χ1n) is 6.12. The quantitative estimate of drug-likeness (QED) is 0.852. The molecule has 0 spiro atoms. The summed E-state index contributed by atoms with van der Waals surface area (Å²) in [6.45, 7) is 0. The molecule has 0 aromatic heterocycles. The molecule has 0 fully saturated rings. The first kappa shape index (κ1) is 17.2. The lowest BCUT2D eigenvalue weighted by atomic mass is 10.3. The third-order valence-corrected chi connectivity index (χ3v) is 4.63. The number of nitrogens with one attached hydrogen (secondary N) is 2. The molecule has 6 nitrogen and oxygen atoms in total.